The number of hydrogen-bond donors (Lipinski definition) is 2. The van der Waals surface area contributed by atoms with Gasteiger partial charge in [-0.2, -0.15) is 0 Å². The number of nitrogens with one attached hydrogen (secondary N) is 1. The fraction of sp³-hybridized carbons (Fsp3) is 0.529. The third kappa shape index (κ3) is 2.11. The van der Waals surface area contributed by atoms with E-state index in [2.05, 4.69) is 14.9 Å². The zero-order chi connectivity index (χ0) is 15.1. The van der Waals surface area contributed by atoms with Crippen LogP contribution in [0.2, 0.25) is 0 Å². The predicted octanol–water partition coefficient (Wildman–Crippen LogP) is 2.51. The zero-order valence-electron chi connectivity index (χ0n) is 12.6. The molecule has 1 saturated carbocycles. The second-order valence-electron chi connectivity index (χ2n) is 6.48. The van der Waals surface area contributed by atoms with Crippen molar-refractivity contribution in [1.82, 2.24) is 9.97 Å². The van der Waals surface area contributed by atoms with Crippen molar-refractivity contribution in [2.45, 2.75) is 38.1 Å². The number of carbonyl (C=O) groups is 1. The average molecular weight is 299 g/mol. The summed E-state index contributed by atoms with van der Waals surface area (Å²) >= 11 is 0. The lowest BCUT2D eigenvalue weighted by atomic mass is 9.84. The van der Waals surface area contributed by atoms with E-state index in [4.69, 9.17) is 0 Å². The number of anilines is 1. The molecule has 0 radical (unpaired) electrons. The van der Waals surface area contributed by atoms with Crippen molar-refractivity contribution in [2.75, 3.05) is 18.1 Å². The van der Waals surface area contributed by atoms with E-state index in [-0.39, 0.29) is 5.78 Å². The van der Waals surface area contributed by atoms with Crippen LogP contribution in [-0.2, 0) is 0 Å². The van der Waals surface area contributed by atoms with E-state index in [9.17, 15) is 9.90 Å². The predicted molar refractivity (Wildman–Crippen MR) is 85.2 cm³/mol. The highest BCUT2D eigenvalue weighted by molar-refractivity contribution is 6.09. The molecule has 0 unspecified atom stereocenters. The van der Waals surface area contributed by atoms with E-state index in [0.29, 0.717) is 25.0 Å². The van der Waals surface area contributed by atoms with Gasteiger partial charge in [0.25, 0.3) is 0 Å². The molecule has 22 heavy (non-hydrogen) atoms. The van der Waals surface area contributed by atoms with Crippen LogP contribution in [0.1, 0.15) is 42.5 Å². The highest BCUT2D eigenvalue weighted by Gasteiger charge is 2.32. The highest BCUT2D eigenvalue weighted by atomic mass is 16.3. The van der Waals surface area contributed by atoms with Crippen LogP contribution in [0, 0.1) is 5.92 Å². The first-order chi connectivity index (χ1) is 10.8. The molecule has 4 rings (SSSR count). The van der Waals surface area contributed by atoms with Gasteiger partial charge in [0.2, 0.25) is 0 Å². The van der Waals surface area contributed by atoms with Gasteiger partial charge < -0.3 is 15.0 Å². The van der Waals surface area contributed by atoms with Crippen LogP contribution in [0.4, 0.5) is 5.69 Å². The maximum absolute atomic E-state index is 12.3. The minimum absolute atomic E-state index is 0.200. The molecular formula is C17H21N3O2. The smallest absolute Gasteiger partial charge is 0.168 e. The van der Waals surface area contributed by atoms with E-state index >= 15 is 0 Å². The van der Waals surface area contributed by atoms with Crippen LogP contribution in [-0.4, -0.2) is 40.1 Å². The second kappa shape index (κ2) is 5.39. The summed E-state index contributed by atoms with van der Waals surface area (Å²) in [6, 6.07) is 2.49. The fourth-order valence-corrected chi connectivity index (χ4v) is 3.98. The SMILES string of the molecule is O=C1CCN([C@H]2CC[C@H](CO)CC2)c2c1cnc1[nH]ccc21. The summed E-state index contributed by atoms with van der Waals surface area (Å²) in [6.07, 6.45) is 8.51. The van der Waals surface area contributed by atoms with Crippen molar-refractivity contribution >= 4 is 22.5 Å². The Morgan fingerprint density at radius 1 is 1.32 bits per heavy atom. The van der Waals surface area contributed by atoms with E-state index in [1.54, 1.807) is 6.20 Å². The first-order valence-electron chi connectivity index (χ1n) is 8.14. The third-order valence-corrected chi connectivity index (χ3v) is 5.24. The number of nitrogens with zero attached hydrogens (tertiary/aromatic N) is 2. The van der Waals surface area contributed by atoms with Gasteiger partial charge in [0.1, 0.15) is 5.65 Å². The Morgan fingerprint density at radius 2 is 2.14 bits per heavy atom. The van der Waals surface area contributed by atoms with Crippen LogP contribution in [0.15, 0.2) is 18.5 Å². The van der Waals surface area contributed by atoms with Crippen LogP contribution in [0.3, 0.4) is 0 Å². The molecule has 2 aromatic heterocycles. The molecule has 1 aliphatic carbocycles. The molecule has 0 spiro atoms. The number of pyridine rings is 1. The maximum atomic E-state index is 12.3. The lowest BCUT2D eigenvalue weighted by Crippen LogP contribution is -2.43. The molecular weight excluding hydrogens is 278 g/mol. The molecule has 116 valence electrons. The summed E-state index contributed by atoms with van der Waals surface area (Å²) in [7, 11) is 0. The van der Waals surface area contributed by atoms with Gasteiger partial charge in [0.05, 0.1) is 11.3 Å². The Morgan fingerprint density at radius 3 is 2.91 bits per heavy atom. The number of aromatic nitrogens is 2. The number of aromatic amines is 1. The number of aliphatic hydroxyl groups excluding tert-OH is 1. The number of hydrogen-bond acceptors (Lipinski definition) is 4. The average Bonchev–Trinajstić information content (AvgIpc) is 3.04. The number of Topliss-reactive ketones (excluding diaryl/α,β-unsaturated/α-hetero) is 1. The minimum Gasteiger partial charge on any atom is -0.396 e. The van der Waals surface area contributed by atoms with Crippen molar-refractivity contribution in [3.05, 3.63) is 24.0 Å². The minimum atomic E-state index is 0.200. The molecule has 0 saturated heterocycles. The summed E-state index contributed by atoms with van der Waals surface area (Å²) in [4.78, 5) is 22.2. The standard InChI is InChI=1S/C17H21N3O2/c21-10-11-1-3-12(4-2-11)20-8-6-15(22)14-9-19-17-13(16(14)20)5-7-18-17/h5,7,9,11-12,21H,1-4,6,8,10H2,(H,18,19)/t11-,12-. The van der Waals surface area contributed by atoms with Crippen molar-refractivity contribution in [3.8, 4) is 0 Å². The van der Waals surface area contributed by atoms with Gasteiger partial charge in [0, 0.05) is 43.4 Å². The molecule has 0 bridgehead atoms. The first-order valence-corrected chi connectivity index (χ1v) is 8.14. The normalized spacial score (nSPS) is 25.5. The van der Waals surface area contributed by atoms with Crippen molar-refractivity contribution in [3.63, 3.8) is 0 Å². The molecule has 2 aromatic rings. The molecule has 5 nitrogen and oxygen atoms in total. The van der Waals surface area contributed by atoms with Gasteiger partial charge in [0.15, 0.2) is 5.78 Å². The zero-order valence-corrected chi connectivity index (χ0v) is 12.6. The van der Waals surface area contributed by atoms with Crippen LogP contribution in [0.25, 0.3) is 11.0 Å². The Hall–Kier alpha value is -1.88. The van der Waals surface area contributed by atoms with E-state index in [1.165, 1.54) is 0 Å². The lowest BCUT2D eigenvalue weighted by molar-refractivity contribution is 0.0977. The number of rotatable bonds is 2. The molecule has 0 atom stereocenters. The maximum Gasteiger partial charge on any atom is 0.168 e. The fourth-order valence-electron chi connectivity index (χ4n) is 3.98. The summed E-state index contributed by atoms with van der Waals surface area (Å²) in [5.74, 6) is 0.651. The van der Waals surface area contributed by atoms with E-state index in [1.807, 2.05) is 12.3 Å². The Balaban J connectivity index is 1.72. The van der Waals surface area contributed by atoms with Crippen LogP contribution >= 0.6 is 0 Å². The molecule has 5 heteroatoms. The number of aliphatic hydroxyl groups is 1. The summed E-state index contributed by atoms with van der Waals surface area (Å²) < 4.78 is 0. The van der Waals surface area contributed by atoms with E-state index < -0.39 is 0 Å². The van der Waals surface area contributed by atoms with Gasteiger partial charge in [-0.15, -0.1) is 0 Å². The molecule has 0 aromatic carbocycles. The topological polar surface area (TPSA) is 69.2 Å². The quantitative estimate of drug-likeness (QED) is 0.894. The van der Waals surface area contributed by atoms with Gasteiger partial charge in [-0.05, 0) is 37.7 Å². The first kappa shape index (κ1) is 13.8. The summed E-state index contributed by atoms with van der Waals surface area (Å²) in [5.41, 5.74) is 2.68. The number of fused-ring (bicyclic) bond motifs is 3. The molecule has 1 aliphatic heterocycles. The number of carbonyl (C=O) groups excluding carboxylic acids is 1. The van der Waals surface area contributed by atoms with Gasteiger partial charge in [-0.3, -0.25) is 4.79 Å². The summed E-state index contributed by atoms with van der Waals surface area (Å²) in [6.45, 7) is 1.10. The van der Waals surface area contributed by atoms with E-state index in [0.717, 1.165) is 54.5 Å². The largest absolute Gasteiger partial charge is 0.396 e. The molecule has 2 aliphatic rings. The van der Waals surface area contributed by atoms with Crippen LogP contribution < -0.4 is 4.90 Å². The monoisotopic (exact) mass is 299 g/mol. The Labute approximate surface area is 129 Å². The molecule has 0 amide bonds. The molecule has 2 N–H and O–H groups in total. The number of ketones is 1. The van der Waals surface area contributed by atoms with Crippen molar-refractivity contribution in [1.29, 1.82) is 0 Å². The second-order valence-corrected chi connectivity index (χ2v) is 6.48. The molecule has 3 heterocycles. The Bertz CT molecular complexity index is 701. The van der Waals surface area contributed by atoms with Crippen molar-refractivity contribution < 1.29 is 9.90 Å². The van der Waals surface area contributed by atoms with Gasteiger partial charge in [-0.25, -0.2) is 4.98 Å². The van der Waals surface area contributed by atoms with Gasteiger partial charge in [-0.1, -0.05) is 0 Å². The third-order valence-electron chi connectivity index (χ3n) is 5.24. The van der Waals surface area contributed by atoms with Crippen LogP contribution in [0.5, 0.6) is 0 Å². The Kier molecular flexibility index (Phi) is 3.37. The lowest BCUT2D eigenvalue weighted by Gasteiger charge is -2.41. The van der Waals surface area contributed by atoms with Crippen molar-refractivity contribution in [2.24, 2.45) is 5.92 Å². The highest BCUT2D eigenvalue weighted by Crippen LogP contribution is 2.38. The summed E-state index contributed by atoms with van der Waals surface area (Å²) in [5, 5.41) is 10.4. The van der Waals surface area contributed by atoms with Gasteiger partial charge >= 0.3 is 0 Å². The molecule has 1 fully saturated rings. The number of H-pyrrole nitrogens is 1.